The van der Waals surface area contributed by atoms with Gasteiger partial charge in [-0.05, 0) is 74.8 Å². The number of nitrogen functional groups attached to an aromatic ring is 1. The first-order chi connectivity index (χ1) is 18.7. The van der Waals surface area contributed by atoms with Crippen molar-refractivity contribution >= 4 is 22.8 Å². The number of aromatic nitrogens is 4. The maximum absolute atomic E-state index is 6.09. The van der Waals surface area contributed by atoms with Crippen LogP contribution in [0, 0.1) is 0 Å². The van der Waals surface area contributed by atoms with E-state index in [1.54, 1.807) is 6.20 Å². The lowest BCUT2D eigenvalue weighted by molar-refractivity contribution is 0.263. The quantitative estimate of drug-likeness (QED) is 0.198. The molecule has 1 aliphatic heterocycles. The average molecular weight is 506 g/mol. The molecule has 6 rings (SSSR count). The summed E-state index contributed by atoms with van der Waals surface area (Å²) in [6.07, 6.45) is 7.36. The van der Waals surface area contributed by atoms with Gasteiger partial charge < -0.3 is 20.7 Å². The van der Waals surface area contributed by atoms with E-state index >= 15 is 0 Å². The van der Waals surface area contributed by atoms with E-state index in [2.05, 4.69) is 15.2 Å². The van der Waals surface area contributed by atoms with E-state index in [1.807, 2.05) is 83.5 Å². The van der Waals surface area contributed by atoms with E-state index in [0.717, 1.165) is 52.4 Å². The van der Waals surface area contributed by atoms with Crippen LogP contribution >= 0.6 is 0 Å². The number of hydrogen-bond acceptors (Lipinski definition) is 7. The van der Waals surface area contributed by atoms with E-state index in [4.69, 9.17) is 20.6 Å². The zero-order valence-corrected chi connectivity index (χ0v) is 21.3. The summed E-state index contributed by atoms with van der Waals surface area (Å²) in [5.41, 5.74) is 12.1. The predicted octanol–water partition coefficient (Wildman–Crippen LogP) is 5.65. The molecule has 0 saturated carbocycles. The lowest BCUT2D eigenvalue weighted by Gasteiger charge is -2.14. The maximum Gasteiger partial charge on any atom is 0.227 e. The summed E-state index contributed by atoms with van der Waals surface area (Å²) in [4.78, 5) is 11.8. The first kappa shape index (κ1) is 23.9. The van der Waals surface area contributed by atoms with Crippen molar-refractivity contribution in [2.24, 2.45) is 0 Å². The third kappa shape index (κ3) is 5.31. The molecule has 8 heteroatoms. The Hall–Kier alpha value is -4.43. The first-order valence-corrected chi connectivity index (χ1v) is 13.1. The second kappa shape index (κ2) is 10.9. The number of pyridine rings is 1. The fraction of sp³-hybridized carbons (Fsp3) is 0.233. The van der Waals surface area contributed by atoms with Crippen LogP contribution in [0.25, 0.3) is 28.0 Å². The van der Waals surface area contributed by atoms with Gasteiger partial charge in [0.2, 0.25) is 5.95 Å². The molecule has 8 nitrogen and oxygen atoms in total. The molecule has 0 aliphatic carbocycles. The minimum Gasteiger partial charge on any atom is -0.493 e. The number of nitrogens with zero attached hydrogens (tertiary/aromatic N) is 5. The monoisotopic (exact) mass is 505 g/mol. The van der Waals surface area contributed by atoms with Crippen LogP contribution in [0.15, 0.2) is 85.2 Å². The number of rotatable bonds is 9. The smallest absolute Gasteiger partial charge is 0.227 e. The average Bonchev–Trinajstić information content (AvgIpc) is 3.60. The summed E-state index contributed by atoms with van der Waals surface area (Å²) in [6.45, 7) is 4.23. The second-order valence-corrected chi connectivity index (χ2v) is 9.55. The van der Waals surface area contributed by atoms with E-state index in [9.17, 15) is 0 Å². The zero-order valence-electron chi connectivity index (χ0n) is 21.3. The van der Waals surface area contributed by atoms with Crippen LogP contribution in [0.3, 0.4) is 0 Å². The molecule has 2 aromatic carbocycles. The van der Waals surface area contributed by atoms with Crippen molar-refractivity contribution in [1.29, 1.82) is 0 Å². The molecular weight excluding hydrogens is 474 g/mol. The highest BCUT2D eigenvalue weighted by molar-refractivity contribution is 5.91. The predicted molar refractivity (Wildman–Crippen MR) is 152 cm³/mol. The number of ether oxygens (including phenoxy) is 1. The van der Waals surface area contributed by atoms with E-state index in [1.165, 1.54) is 25.9 Å². The third-order valence-electron chi connectivity index (χ3n) is 6.79. The lowest BCUT2D eigenvalue weighted by atomic mass is 10.0. The van der Waals surface area contributed by atoms with Gasteiger partial charge in [-0.15, -0.1) is 0 Å². The zero-order chi connectivity index (χ0) is 25.7. The molecule has 0 radical (unpaired) electrons. The van der Waals surface area contributed by atoms with E-state index in [-0.39, 0.29) is 0 Å². The molecule has 0 unspecified atom stereocenters. The minimum absolute atomic E-state index is 0.502. The van der Waals surface area contributed by atoms with Crippen LogP contribution in [-0.2, 0) is 0 Å². The van der Waals surface area contributed by atoms with Crippen molar-refractivity contribution in [3.8, 4) is 28.3 Å². The Morgan fingerprint density at radius 2 is 1.84 bits per heavy atom. The van der Waals surface area contributed by atoms with Crippen LogP contribution in [-0.4, -0.2) is 50.7 Å². The Labute approximate surface area is 222 Å². The van der Waals surface area contributed by atoms with Gasteiger partial charge in [-0.3, -0.25) is 0 Å². The molecule has 1 saturated heterocycles. The highest BCUT2D eigenvalue weighted by atomic mass is 16.5. The Morgan fingerprint density at radius 3 is 2.74 bits per heavy atom. The molecular formula is C30H31N7O. The highest BCUT2D eigenvalue weighted by Crippen LogP contribution is 2.35. The second-order valence-electron chi connectivity index (χ2n) is 9.55. The van der Waals surface area contributed by atoms with Crippen molar-refractivity contribution in [2.45, 2.75) is 19.3 Å². The third-order valence-corrected chi connectivity index (χ3v) is 6.79. The fourth-order valence-corrected chi connectivity index (χ4v) is 4.97. The van der Waals surface area contributed by atoms with Gasteiger partial charge >= 0.3 is 0 Å². The first-order valence-electron chi connectivity index (χ1n) is 13.1. The molecule has 192 valence electrons. The lowest BCUT2D eigenvalue weighted by Crippen LogP contribution is -2.21. The van der Waals surface area contributed by atoms with Gasteiger partial charge in [-0.25, -0.2) is 14.5 Å². The number of benzene rings is 2. The van der Waals surface area contributed by atoms with Crippen LogP contribution in [0.5, 0.6) is 5.75 Å². The van der Waals surface area contributed by atoms with Gasteiger partial charge in [0, 0.05) is 41.9 Å². The van der Waals surface area contributed by atoms with Crippen LogP contribution in [0.1, 0.15) is 19.3 Å². The summed E-state index contributed by atoms with van der Waals surface area (Å²) in [6, 6.07) is 23.6. The maximum atomic E-state index is 6.09. The van der Waals surface area contributed by atoms with Gasteiger partial charge in [0.15, 0.2) is 0 Å². The largest absolute Gasteiger partial charge is 0.493 e. The Balaban J connectivity index is 1.23. The number of likely N-dealkylation sites (tertiary alicyclic amines) is 1. The van der Waals surface area contributed by atoms with Gasteiger partial charge in [0.05, 0.1) is 23.4 Å². The summed E-state index contributed by atoms with van der Waals surface area (Å²) in [5, 5.41) is 8.19. The summed E-state index contributed by atoms with van der Waals surface area (Å²) in [5.74, 6) is 1.33. The van der Waals surface area contributed by atoms with Crippen molar-refractivity contribution in [1.82, 2.24) is 24.5 Å². The number of hydrogen-bond donors (Lipinski definition) is 2. The van der Waals surface area contributed by atoms with Crippen molar-refractivity contribution in [3.05, 3.63) is 85.2 Å². The summed E-state index contributed by atoms with van der Waals surface area (Å²) < 4.78 is 7.89. The molecule has 3 aromatic heterocycles. The van der Waals surface area contributed by atoms with Crippen molar-refractivity contribution in [2.75, 3.05) is 37.3 Å². The van der Waals surface area contributed by atoms with Crippen LogP contribution in [0.4, 0.5) is 17.3 Å². The normalized spacial score (nSPS) is 13.7. The number of anilines is 3. The molecule has 1 aliphatic rings. The highest BCUT2D eigenvalue weighted by Gasteiger charge is 2.18. The van der Waals surface area contributed by atoms with E-state index in [0.29, 0.717) is 18.2 Å². The van der Waals surface area contributed by atoms with Crippen LogP contribution < -0.4 is 15.8 Å². The Morgan fingerprint density at radius 1 is 0.947 bits per heavy atom. The Kier molecular flexibility index (Phi) is 6.87. The van der Waals surface area contributed by atoms with Gasteiger partial charge in [-0.1, -0.05) is 24.3 Å². The molecule has 0 amide bonds. The molecule has 38 heavy (non-hydrogen) atoms. The van der Waals surface area contributed by atoms with Crippen molar-refractivity contribution < 1.29 is 4.74 Å². The topological polar surface area (TPSA) is 93.6 Å². The molecule has 3 N–H and O–H groups in total. The number of nitrogens with two attached hydrogens (primary N) is 1. The summed E-state index contributed by atoms with van der Waals surface area (Å²) in [7, 11) is 0. The molecule has 0 atom stereocenters. The van der Waals surface area contributed by atoms with Crippen molar-refractivity contribution in [3.63, 3.8) is 0 Å². The van der Waals surface area contributed by atoms with Gasteiger partial charge in [0.1, 0.15) is 11.4 Å². The molecule has 5 aromatic rings. The van der Waals surface area contributed by atoms with Crippen LogP contribution in [0.2, 0.25) is 0 Å². The van der Waals surface area contributed by atoms with Gasteiger partial charge in [0.25, 0.3) is 0 Å². The summed E-state index contributed by atoms with van der Waals surface area (Å²) >= 11 is 0. The molecule has 0 spiro atoms. The number of nitrogens with one attached hydrogen (secondary N) is 1. The molecule has 0 bridgehead atoms. The molecule has 4 heterocycles. The Bertz CT molecular complexity index is 1540. The molecule has 1 fully saturated rings. The standard InChI is InChI=1S/C30H31N7O/c31-23-9-5-8-22(20-23)29-28(27-12-1-2-18-37(27)35-29)26-13-14-32-30(34-26)33-24-10-6-11-25(21-24)38-19-7-17-36-15-3-4-16-36/h1-2,5-6,8-14,18,20-21H,3-4,7,15-17,19,31H2,(H,32,33,34). The number of fused-ring (bicyclic) bond motifs is 1. The van der Waals surface area contributed by atoms with E-state index < -0.39 is 0 Å². The SMILES string of the molecule is Nc1cccc(-c2nn3ccccc3c2-c2ccnc(Nc3cccc(OCCCN4CCCC4)c3)n2)c1. The minimum atomic E-state index is 0.502. The fourth-order valence-electron chi connectivity index (χ4n) is 4.97. The van der Waals surface area contributed by atoms with Gasteiger partial charge in [-0.2, -0.15) is 5.10 Å².